The Bertz CT molecular complexity index is 705. The number of alkyl halides is 6. The van der Waals surface area contributed by atoms with Gasteiger partial charge in [0, 0.05) is 5.69 Å². The minimum Gasteiger partial charge on any atom is -0.497 e. The van der Waals surface area contributed by atoms with E-state index in [-0.39, 0.29) is 5.69 Å². The van der Waals surface area contributed by atoms with Crippen LogP contribution in [0.25, 0.3) is 0 Å². The van der Waals surface area contributed by atoms with Crippen molar-refractivity contribution in [3.05, 3.63) is 35.8 Å². The number of amides is 1. The Labute approximate surface area is 142 Å². The number of nitrogens with zero attached hydrogens (tertiary/aromatic N) is 1. The molecule has 0 unspecified atom stereocenters. The Morgan fingerprint density at radius 3 is 2.04 bits per heavy atom. The van der Waals surface area contributed by atoms with E-state index in [0.717, 1.165) is 6.07 Å². The minimum absolute atomic E-state index is 0.0274. The maximum atomic E-state index is 12.4. The molecule has 26 heavy (non-hydrogen) atoms. The largest absolute Gasteiger partial charge is 0.497 e. The number of halogens is 6. The first kappa shape index (κ1) is 20.9. The molecule has 0 heterocycles. The number of carbonyl (C=O) groups excluding carboxylic acids is 1. The summed E-state index contributed by atoms with van der Waals surface area (Å²) in [6, 6.07) is 6.30. The Kier molecular flexibility index (Phi) is 6.33. The zero-order chi connectivity index (χ0) is 20.1. The summed E-state index contributed by atoms with van der Waals surface area (Å²) >= 11 is 0. The molecule has 0 radical (unpaired) electrons. The van der Waals surface area contributed by atoms with Gasteiger partial charge in [0.1, 0.15) is 11.8 Å². The van der Waals surface area contributed by atoms with E-state index in [4.69, 9.17) is 10.00 Å². The number of hydrogen-bond donors (Lipinski definition) is 2. The van der Waals surface area contributed by atoms with Gasteiger partial charge in [0.15, 0.2) is 5.57 Å². The van der Waals surface area contributed by atoms with Crippen LogP contribution in [0.3, 0.4) is 0 Å². The van der Waals surface area contributed by atoms with E-state index < -0.39 is 35.9 Å². The predicted octanol–water partition coefficient (Wildman–Crippen LogP) is 3.44. The van der Waals surface area contributed by atoms with Gasteiger partial charge in [-0.15, -0.1) is 0 Å². The van der Waals surface area contributed by atoms with E-state index in [1.54, 1.807) is 0 Å². The standard InChI is InChI=1S/C14H10F6N2O4/c1-25-8-4-2-7(3-5-8)22-10(23)9(6-21)11(24)26-12(13(15,16)17)14(18,19)20/h2-5,12,24H,1H3,(H,22,23)/b11-9-. The molecular formula is C14H10F6N2O4. The van der Waals surface area contributed by atoms with Crippen molar-refractivity contribution in [1.29, 1.82) is 5.26 Å². The molecule has 12 heteroatoms. The third kappa shape index (κ3) is 5.47. The van der Waals surface area contributed by atoms with Crippen molar-refractivity contribution in [3.63, 3.8) is 0 Å². The summed E-state index contributed by atoms with van der Waals surface area (Å²) in [4.78, 5) is 11.8. The number of carbonyl (C=O) groups is 1. The zero-order valence-electron chi connectivity index (χ0n) is 12.8. The molecule has 6 nitrogen and oxygen atoms in total. The number of benzene rings is 1. The van der Waals surface area contributed by atoms with Gasteiger partial charge in [-0.25, -0.2) is 0 Å². The lowest BCUT2D eigenvalue weighted by Crippen LogP contribution is -2.44. The van der Waals surface area contributed by atoms with E-state index >= 15 is 0 Å². The second-order valence-electron chi connectivity index (χ2n) is 4.56. The average Bonchev–Trinajstić information content (AvgIpc) is 2.52. The number of aliphatic hydroxyl groups excluding tert-OH is 1. The van der Waals surface area contributed by atoms with Crippen molar-refractivity contribution in [2.45, 2.75) is 18.5 Å². The fraction of sp³-hybridized carbons (Fsp3) is 0.286. The molecule has 142 valence electrons. The van der Waals surface area contributed by atoms with Crippen LogP contribution in [0.15, 0.2) is 35.8 Å². The van der Waals surface area contributed by atoms with Gasteiger partial charge in [0.2, 0.25) is 0 Å². The molecule has 0 saturated carbocycles. The van der Waals surface area contributed by atoms with Crippen LogP contribution >= 0.6 is 0 Å². The second-order valence-corrected chi connectivity index (χ2v) is 4.56. The van der Waals surface area contributed by atoms with Crippen LogP contribution in [0, 0.1) is 11.3 Å². The molecule has 1 aromatic carbocycles. The highest BCUT2D eigenvalue weighted by atomic mass is 19.4. The topological polar surface area (TPSA) is 91.6 Å². The van der Waals surface area contributed by atoms with Crippen LogP contribution in [-0.2, 0) is 9.53 Å². The molecule has 2 N–H and O–H groups in total. The van der Waals surface area contributed by atoms with Crippen LogP contribution in [-0.4, -0.2) is 36.6 Å². The smallest absolute Gasteiger partial charge is 0.434 e. The summed E-state index contributed by atoms with van der Waals surface area (Å²) in [5.41, 5.74) is -1.45. The Balaban J connectivity index is 3.05. The van der Waals surface area contributed by atoms with Gasteiger partial charge < -0.3 is 19.9 Å². The second kappa shape index (κ2) is 7.85. The quantitative estimate of drug-likeness (QED) is 0.351. The van der Waals surface area contributed by atoms with Crippen LogP contribution < -0.4 is 10.1 Å². The summed E-state index contributed by atoms with van der Waals surface area (Å²) < 4.78 is 82.6. The summed E-state index contributed by atoms with van der Waals surface area (Å²) in [6.45, 7) is 0. The molecule has 0 aliphatic heterocycles. The summed E-state index contributed by atoms with van der Waals surface area (Å²) in [7, 11) is 1.36. The Morgan fingerprint density at radius 2 is 1.65 bits per heavy atom. The van der Waals surface area contributed by atoms with E-state index in [2.05, 4.69) is 4.74 Å². The van der Waals surface area contributed by atoms with Gasteiger partial charge in [0.25, 0.3) is 12.0 Å². The van der Waals surface area contributed by atoms with Crippen LogP contribution in [0.1, 0.15) is 0 Å². The third-order valence-electron chi connectivity index (χ3n) is 2.72. The van der Waals surface area contributed by atoms with Crippen molar-refractivity contribution in [3.8, 4) is 11.8 Å². The summed E-state index contributed by atoms with van der Waals surface area (Å²) in [6.07, 6.45) is -16.3. The number of nitriles is 1. The highest BCUT2D eigenvalue weighted by Gasteiger charge is 2.59. The number of aliphatic hydroxyl groups is 1. The van der Waals surface area contributed by atoms with Crippen LogP contribution in [0.4, 0.5) is 32.0 Å². The van der Waals surface area contributed by atoms with Gasteiger partial charge in [-0.3, -0.25) is 4.79 Å². The monoisotopic (exact) mass is 384 g/mol. The zero-order valence-corrected chi connectivity index (χ0v) is 12.8. The molecule has 0 aliphatic carbocycles. The average molecular weight is 384 g/mol. The molecule has 1 rings (SSSR count). The number of hydrogen-bond acceptors (Lipinski definition) is 5. The lowest BCUT2D eigenvalue weighted by atomic mass is 10.2. The fourth-order valence-electron chi connectivity index (χ4n) is 1.55. The van der Waals surface area contributed by atoms with E-state index in [1.807, 2.05) is 5.32 Å². The van der Waals surface area contributed by atoms with Gasteiger partial charge in [-0.05, 0) is 24.3 Å². The van der Waals surface area contributed by atoms with Gasteiger partial charge >= 0.3 is 18.3 Å². The lowest BCUT2D eigenvalue weighted by Gasteiger charge is -2.23. The molecule has 1 aromatic rings. The van der Waals surface area contributed by atoms with Crippen LogP contribution in [0.2, 0.25) is 0 Å². The maximum absolute atomic E-state index is 12.4. The van der Waals surface area contributed by atoms with Gasteiger partial charge in [-0.2, -0.15) is 31.6 Å². The van der Waals surface area contributed by atoms with Crippen molar-refractivity contribution in [1.82, 2.24) is 0 Å². The highest BCUT2D eigenvalue weighted by Crippen LogP contribution is 2.37. The van der Waals surface area contributed by atoms with Crippen molar-refractivity contribution in [2.75, 3.05) is 12.4 Å². The number of nitrogens with one attached hydrogen (secondary N) is 1. The number of ether oxygens (including phenoxy) is 2. The Hall–Kier alpha value is -3.10. The predicted molar refractivity (Wildman–Crippen MR) is 73.9 cm³/mol. The van der Waals surface area contributed by atoms with Gasteiger partial charge in [0.05, 0.1) is 7.11 Å². The number of methoxy groups -OCH3 is 1. The summed E-state index contributed by atoms with van der Waals surface area (Å²) in [5.74, 6) is -3.19. The number of rotatable bonds is 5. The van der Waals surface area contributed by atoms with Gasteiger partial charge in [-0.1, -0.05) is 0 Å². The van der Waals surface area contributed by atoms with E-state index in [0.29, 0.717) is 5.75 Å². The third-order valence-corrected chi connectivity index (χ3v) is 2.72. The van der Waals surface area contributed by atoms with E-state index in [9.17, 15) is 36.2 Å². The van der Waals surface area contributed by atoms with Crippen molar-refractivity contribution in [2.24, 2.45) is 0 Å². The van der Waals surface area contributed by atoms with Crippen molar-refractivity contribution < 1.29 is 45.7 Å². The Morgan fingerprint density at radius 1 is 1.15 bits per heavy atom. The molecule has 0 saturated heterocycles. The van der Waals surface area contributed by atoms with E-state index in [1.165, 1.54) is 31.4 Å². The molecule has 0 aliphatic rings. The lowest BCUT2D eigenvalue weighted by molar-refractivity contribution is -0.319. The molecule has 0 fully saturated rings. The highest BCUT2D eigenvalue weighted by molar-refractivity contribution is 6.06. The first-order chi connectivity index (χ1) is 11.9. The van der Waals surface area contributed by atoms with Crippen LogP contribution in [0.5, 0.6) is 5.75 Å². The van der Waals surface area contributed by atoms with Crippen molar-refractivity contribution >= 4 is 11.6 Å². The molecule has 1 amide bonds. The first-order valence-corrected chi connectivity index (χ1v) is 6.49. The maximum Gasteiger partial charge on any atom is 0.434 e. The first-order valence-electron chi connectivity index (χ1n) is 6.49. The minimum atomic E-state index is -5.93. The SMILES string of the molecule is COc1ccc(NC(=O)/C(C#N)=C(/O)OC(C(F)(F)F)C(F)(F)F)cc1. The fourth-order valence-corrected chi connectivity index (χ4v) is 1.55. The molecule has 0 aromatic heterocycles. The normalized spacial score (nSPS) is 12.9. The summed E-state index contributed by atoms with van der Waals surface area (Å²) in [5, 5.41) is 20.0. The molecule has 0 atom stereocenters. The molecule has 0 bridgehead atoms. The molecule has 0 spiro atoms. The molecular weight excluding hydrogens is 374 g/mol. The number of anilines is 1.